The molecule has 100 valence electrons. The van der Waals surface area contributed by atoms with Crippen LogP contribution in [0.15, 0.2) is 18.3 Å². The van der Waals surface area contributed by atoms with Crippen LogP contribution in [0.4, 0.5) is 0 Å². The minimum atomic E-state index is -0.987. The zero-order valence-electron chi connectivity index (χ0n) is 10.4. The van der Waals surface area contributed by atoms with E-state index in [1.54, 1.807) is 23.2 Å². The summed E-state index contributed by atoms with van der Waals surface area (Å²) in [5, 5.41) is 17.5. The topological polar surface area (TPSA) is 82.8 Å². The quantitative estimate of drug-likeness (QED) is 0.738. The van der Waals surface area contributed by atoms with E-state index in [1.165, 1.54) is 4.57 Å². The molecule has 1 rings (SSSR count). The number of amides is 1. The monoisotopic (exact) mass is 254 g/mol. The number of carbonyl (C=O) groups is 2. The Labute approximate surface area is 105 Å². The van der Waals surface area contributed by atoms with Gasteiger partial charge in [-0.2, -0.15) is 0 Å². The Bertz CT molecular complexity index is 414. The van der Waals surface area contributed by atoms with Gasteiger partial charge in [0.2, 0.25) is 0 Å². The van der Waals surface area contributed by atoms with Gasteiger partial charge in [-0.05, 0) is 25.5 Å². The molecule has 18 heavy (non-hydrogen) atoms. The van der Waals surface area contributed by atoms with Gasteiger partial charge in [-0.3, -0.25) is 9.59 Å². The lowest BCUT2D eigenvalue weighted by Crippen LogP contribution is -2.34. The Morgan fingerprint density at radius 3 is 2.72 bits per heavy atom. The summed E-state index contributed by atoms with van der Waals surface area (Å²) in [7, 11) is 0. The molecule has 6 nitrogen and oxygen atoms in total. The summed E-state index contributed by atoms with van der Waals surface area (Å²) in [6.45, 7) is 2.63. The summed E-state index contributed by atoms with van der Waals surface area (Å²) in [6.07, 6.45) is 2.08. The van der Waals surface area contributed by atoms with Crippen LogP contribution in [0.5, 0.6) is 0 Å². The van der Waals surface area contributed by atoms with Crippen molar-refractivity contribution in [3.05, 3.63) is 24.0 Å². The molecule has 0 bridgehead atoms. The Morgan fingerprint density at radius 1 is 1.44 bits per heavy atom. The van der Waals surface area contributed by atoms with Crippen LogP contribution < -0.4 is 0 Å². The maximum atomic E-state index is 12.2. The molecule has 0 saturated heterocycles. The molecule has 0 spiro atoms. The molecule has 0 aromatic carbocycles. The molecule has 0 aliphatic heterocycles. The molecule has 2 N–H and O–H groups in total. The van der Waals surface area contributed by atoms with E-state index >= 15 is 0 Å². The molecular weight excluding hydrogens is 236 g/mol. The lowest BCUT2D eigenvalue weighted by Gasteiger charge is -2.21. The predicted octanol–water partition coefficient (Wildman–Crippen LogP) is 0.417. The fourth-order valence-electron chi connectivity index (χ4n) is 1.72. The van der Waals surface area contributed by atoms with Crippen LogP contribution >= 0.6 is 0 Å². The van der Waals surface area contributed by atoms with Crippen molar-refractivity contribution in [2.75, 3.05) is 19.7 Å². The van der Waals surface area contributed by atoms with Crippen molar-refractivity contribution < 1.29 is 19.8 Å². The summed E-state index contributed by atoms with van der Waals surface area (Å²) < 4.78 is 1.41. The zero-order valence-corrected chi connectivity index (χ0v) is 10.4. The number of aliphatic hydroxyl groups excluding tert-OH is 1. The van der Waals surface area contributed by atoms with Gasteiger partial charge in [-0.1, -0.05) is 0 Å². The van der Waals surface area contributed by atoms with E-state index in [4.69, 9.17) is 10.2 Å². The van der Waals surface area contributed by atoms with Gasteiger partial charge in [0.15, 0.2) is 0 Å². The van der Waals surface area contributed by atoms with Crippen molar-refractivity contribution in [3.8, 4) is 0 Å². The number of nitrogens with zero attached hydrogens (tertiary/aromatic N) is 2. The van der Waals surface area contributed by atoms with E-state index in [2.05, 4.69) is 0 Å². The second-order valence-corrected chi connectivity index (χ2v) is 3.88. The standard InChI is InChI=1S/C12H18N2O4/c1-2-13(7-4-8-15)12(18)10-5-3-6-14(10)9-11(16)17/h3,5-6,15H,2,4,7-9H2,1H3,(H,16,17). The molecule has 1 heterocycles. The molecule has 0 atom stereocenters. The maximum Gasteiger partial charge on any atom is 0.323 e. The van der Waals surface area contributed by atoms with Crippen LogP contribution in [0.2, 0.25) is 0 Å². The highest BCUT2D eigenvalue weighted by Gasteiger charge is 2.18. The van der Waals surface area contributed by atoms with Crippen LogP contribution in [0, 0.1) is 0 Å². The fraction of sp³-hybridized carbons (Fsp3) is 0.500. The Hall–Kier alpha value is -1.82. The van der Waals surface area contributed by atoms with Gasteiger partial charge in [0.1, 0.15) is 12.2 Å². The van der Waals surface area contributed by atoms with Gasteiger partial charge < -0.3 is 19.7 Å². The van der Waals surface area contributed by atoms with Crippen molar-refractivity contribution in [1.29, 1.82) is 0 Å². The summed E-state index contributed by atoms with van der Waals surface area (Å²) in [5.74, 6) is -1.20. The second-order valence-electron chi connectivity index (χ2n) is 3.88. The van der Waals surface area contributed by atoms with Crippen LogP contribution in [-0.4, -0.2) is 51.3 Å². The van der Waals surface area contributed by atoms with E-state index < -0.39 is 5.97 Å². The summed E-state index contributed by atoms with van der Waals surface area (Å²) in [5.41, 5.74) is 0.359. The third-order valence-corrected chi connectivity index (χ3v) is 2.61. The Balaban J connectivity index is 2.81. The smallest absolute Gasteiger partial charge is 0.323 e. The highest BCUT2D eigenvalue weighted by Crippen LogP contribution is 2.07. The van der Waals surface area contributed by atoms with E-state index in [1.807, 2.05) is 6.92 Å². The molecular formula is C12H18N2O4. The van der Waals surface area contributed by atoms with Gasteiger partial charge >= 0.3 is 5.97 Å². The SMILES string of the molecule is CCN(CCCO)C(=O)c1cccn1CC(=O)O. The summed E-state index contributed by atoms with van der Waals surface area (Å²) in [4.78, 5) is 24.4. The molecule has 1 amide bonds. The number of carbonyl (C=O) groups excluding carboxylic acids is 1. The minimum absolute atomic E-state index is 0.0277. The molecule has 0 aliphatic rings. The van der Waals surface area contributed by atoms with Gasteiger partial charge in [0.05, 0.1) is 0 Å². The normalized spacial score (nSPS) is 10.3. The Kier molecular flexibility index (Phi) is 5.38. The zero-order chi connectivity index (χ0) is 13.5. The van der Waals surface area contributed by atoms with E-state index in [0.29, 0.717) is 25.2 Å². The average Bonchev–Trinajstić information content (AvgIpc) is 2.77. The number of hydrogen-bond acceptors (Lipinski definition) is 3. The number of aromatic nitrogens is 1. The van der Waals surface area contributed by atoms with Crippen LogP contribution in [0.1, 0.15) is 23.8 Å². The number of carboxylic acid groups (broad SMARTS) is 1. The molecule has 0 fully saturated rings. The molecule has 1 aromatic heterocycles. The van der Waals surface area contributed by atoms with Crippen LogP contribution in [-0.2, 0) is 11.3 Å². The first-order valence-corrected chi connectivity index (χ1v) is 5.87. The van der Waals surface area contributed by atoms with E-state index in [9.17, 15) is 9.59 Å². The Morgan fingerprint density at radius 2 is 2.17 bits per heavy atom. The number of aliphatic carboxylic acids is 1. The lowest BCUT2D eigenvalue weighted by atomic mass is 10.3. The maximum absolute atomic E-state index is 12.2. The van der Waals surface area contributed by atoms with Gasteiger partial charge in [-0.25, -0.2) is 0 Å². The number of rotatable bonds is 7. The summed E-state index contributed by atoms with van der Waals surface area (Å²) in [6, 6.07) is 3.25. The van der Waals surface area contributed by atoms with Crippen molar-refractivity contribution in [2.45, 2.75) is 19.9 Å². The van der Waals surface area contributed by atoms with Crippen molar-refractivity contribution >= 4 is 11.9 Å². The van der Waals surface area contributed by atoms with E-state index in [0.717, 1.165) is 0 Å². The molecule has 0 aliphatic carbocycles. The predicted molar refractivity (Wildman–Crippen MR) is 65.3 cm³/mol. The number of aliphatic hydroxyl groups is 1. The van der Waals surface area contributed by atoms with Gasteiger partial charge in [0.25, 0.3) is 5.91 Å². The molecule has 0 radical (unpaired) electrons. The first kappa shape index (κ1) is 14.2. The van der Waals surface area contributed by atoms with E-state index in [-0.39, 0.29) is 19.1 Å². The average molecular weight is 254 g/mol. The van der Waals surface area contributed by atoms with Gasteiger partial charge in [0, 0.05) is 25.9 Å². The van der Waals surface area contributed by atoms with Crippen molar-refractivity contribution in [1.82, 2.24) is 9.47 Å². The van der Waals surface area contributed by atoms with Gasteiger partial charge in [-0.15, -0.1) is 0 Å². The highest BCUT2D eigenvalue weighted by atomic mass is 16.4. The third kappa shape index (κ3) is 3.59. The third-order valence-electron chi connectivity index (χ3n) is 2.61. The number of carboxylic acids is 1. The van der Waals surface area contributed by atoms with Crippen LogP contribution in [0.25, 0.3) is 0 Å². The van der Waals surface area contributed by atoms with Crippen molar-refractivity contribution in [3.63, 3.8) is 0 Å². The van der Waals surface area contributed by atoms with Crippen molar-refractivity contribution in [2.24, 2.45) is 0 Å². The fourth-order valence-corrected chi connectivity index (χ4v) is 1.72. The first-order valence-electron chi connectivity index (χ1n) is 5.87. The molecule has 0 unspecified atom stereocenters. The number of hydrogen-bond donors (Lipinski definition) is 2. The molecule has 6 heteroatoms. The highest BCUT2D eigenvalue weighted by molar-refractivity contribution is 5.93. The van der Waals surface area contributed by atoms with Crippen LogP contribution in [0.3, 0.4) is 0 Å². The molecule has 1 aromatic rings. The molecule has 0 saturated carbocycles. The minimum Gasteiger partial charge on any atom is -0.480 e. The lowest BCUT2D eigenvalue weighted by molar-refractivity contribution is -0.137. The largest absolute Gasteiger partial charge is 0.480 e. The second kappa shape index (κ2) is 6.80. The first-order chi connectivity index (χ1) is 8.60. The summed E-state index contributed by atoms with van der Waals surface area (Å²) >= 11 is 0.